The molecule has 0 bridgehead atoms. The SMILES string of the molecule is NC(c1cc(Br)ccc1F)C1CCOC2(CCOCC2)C1. The molecule has 1 spiro atoms. The highest BCUT2D eigenvalue weighted by molar-refractivity contribution is 9.10. The van der Waals surface area contributed by atoms with Crippen LogP contribution in [-0.4, -0.2) is 25.4 Å². The lowest BCUT2D eigenvalue weighted by Gasteiger charge is -2.44. The highest BCUT2D eigenvalue weighted by Gasteiger charge is 2.41. The Balaban J connectivity index is 1.77. The van der Waals surface area contributed by atoms with Crippen molar-refractivity contribution in [2.45, 2.75) is 37.3 Å². The minimum Gasteiger partial charge on any atom is -0.381 e. The Hall–Kier alpha value is -0.490. The van der Waals surface area contributed by atoms with Crippen LogP contribution in [0.5, 0.6) is 0 Å². The second kappa shape index (κ2) is 6.32. The molecule has 2 unspecified atom stereocenters. The van der Waals surface area contributed by atoms with Crippen molar-refractivity contribution in [1.29, 1.82) is 0 Å². The Morgan fingerprint density at radius 3 is 2.81 bits per heavy atom. The van der Waals surface area contributed by atoms with E-state index in [1.165, 1.54) is 6.07 Å². The minimum atomic E-state index is -0.286. The fraction of sp³-hybridized carbons (Fsp3) is 0.625. The molecule has 21 heavy (non-hydrogen) atoms. The highest BCUT2D eigenvalue weighted by atomic mass is 79.9. The molecule has 3 rings (SSSR count). The Morgan fingerprint density at radius 1 is 1.29 bits per heavy atom. The number of hydrogen-bond donors (Lipinski definition) is 1. The van der Waals surface area contributed by atoms with Gasteiger partial charge in [0.25, 0.3) is 0 Å². The number of benzene rings is 1. The lowest BCUT2D eigenvalue weighted by Crippen LogP contribution is -2.46. The molecule has 1 aromatic carbocycles. The van der Waals surface area contributed by atoms with E-state index in [1.54, 1.807) is 12.1 Å². The Bertz CT molecular complexity index is 500. The smallest absolute Gasteiger partial charge is 0.128 e. The molecule has 3 nitrogen and oxygen atoms in total. The van der Waals surface area contributed by atoms with Crippen LogP contribution in [0.25, 0.3) is 0 Å². The molecule has 2 atom stereocenters. The first-order valence-corrected chi connectivity index (χ1v) is 8.31. The van der Waals surface area contributed by atoms with Gasteiger partial charge in [0.2, 0.25) is 0 Å². The first kappa shape index (κ1) is 15.4. The van der Waals surface area contributed by atoms with Crippen LogP contribution in [0.1, 0.15) is 37.3 Å². The van der Waals surface area contributed by atoms with Crippen molar-refractivity contribution < 1.29 is 13.9 Å². The Kier molecular flexibility index (Phi) is 4.64. The monoisotopic (exact) mass is 357 g/mol. The zero-order valence-corrected chi connectivity index (χ0v) is 13.6. The van der Waals surface area contributed by atoms with E-state index in [9.17, 15) is 4.39 Å². The van der Waals surface area contributed by atoms with Crippen LogP contribution in [0.15, 0.2) is 22.7 Å². The lowest BCUT2D eigenvalue weighted by molar-refractivity contribution is -0.149. The molecular formula is C16H21BrFNO2. The van der Waals surface area contributed by atoms with Crippen molar-refractivity contribution in [2.75, 3.05) is 19.8 Å². The fourth-order valence-electron chi connectivity index (χ4n) is 3.49. The van der Waals surface area contributed by atoms with Gasteiger partial charge < -0.3 is 15.2 Å². The van der Waals surface area contributed by atoms with Crippen LogP contribution in [0.3, 0.4) is 0 Å². The zero-order chi connectivity index (χ0) is 14.9. The molecule has 2 fully saturated rings. The van der Waals surface area contributed by atoms with Gasteiger partial charge in [-0.15, -0.1) is 0 Å². The van der Waals surface area contributed by atoms with Crippen LogP contribution in [0.2, 0.25) is 0 Å². The first-order valence-electron chi connectivity index (χ1n) is 7.52. The topological polar surface area (TPSA) is 44.5 Å². The van der Waals surface area contributed by atoms with Gasteiger partial charge in [0.15, 0.2) is 0 Å². The van der Waals surface area contributed by atoms with Crippen LogP contribution in [-0.2, 0) is 9.47 Å². The van der Waals surface area contributed by atoms with Crippen molar-refractivity contribution >= 4 is 15.9 Å². The van der Waals surface area contributed by atoms with Crippen molar-refractivity contribution in [1.82, 2.24) is 0 Å². The fourth-order valence-corrected chi connectivity index (χ4v) is 3.87. The third kappa shape index (κ3) is 3.31. The van der Waals surface area contributed by atoms with Gasteiger partial charge in [-0.05, 0) is 49.8 Å². The maximum Gasteiger partial charge on any atom is 0.128 e. The first-order chi connectivity index (χ1) is 10.1. The minimum absolute atomic E-state index is 0.110. The molecule has 0 radical (unpaired) electrons. The van der Waals surface area contributed by atoms with Crippen LogP contribution >= 0.6 is 15.9 Å². The van der Waals surface area contributed by atoms with Crippen molar-refractivity contribution in [2.24, 2.45) is 11.7 Å². The van der Waals surface area contributed by atoms with Crippen molar-refractivity contribution in [3.05, 3.63) is 34.1 Å². The van der Waals surface area contributed by atoms with E-state index in [2.05, 4.69) is 15.9 Å². The summed E-state index contributed by atoms with van der Waals surface area (Å²) in [5.41, 5.74) is 6.87. The number of nitrogens with two attached hydrogens (primary N) is 1. The molecule has 5 heteroatoms. The molecule has 2 saturated heterocycles. The molecule has 2 heterocycles. The van der Waals surface area contributed by atoms with Gasteiger partial charge in [0, 0.05) is 35.9 Å². The molecule has 0 aliphatic carbocycles. The summed E-state index contributed by atoms with van der Waals surface area (Å²) in [4.78, 5) is 0. The second-order valence-corrected chi connectivity index (χ2v) is 7.00. The normalized spacial score (nSPS) is 26.7. The quantitative estimate of drug-likeness (QED) is 0.879. The maximum atomic E-state index is 14.1. The van der Waals surface area contributed by atoms with Crippen molar-refractivity contribution in [3.63, 3.8) is 0 Å². The van der Waals surface area contributed by atoms with Crippen molar-refractivity contribution in [3.8, 4) is 0 Å². The van der Waals surface area contributed by atoms with Gasteiger partial charge in [-0.3, -0.25) is 0 Å². The van der Waals surface area contributed by atoms with E-state index in [1.807, 2.05) is 0 Å². The predicted molar refractivity (Wildman–Crippen MR) is 82.5 cm³/mol. The summed E-state index contributed by atoms with van der Waals surface area (Å²) < 4.78 is 26.4. The average Bonchev–Trinajstić information content (AvgIpc) is 2.50. The zero-order valence-electron chi connectivity index (χ0n) is 12.0. The van der Waals surface area contributed by atoms with E-state index in [0.717, 1.165) is 43.4 Å². The average molecular weight is 358 g/mol. The van der Waals surface area contributed by atoms with Gasteiger partial charge in [-0.2, -0.15) is 0 Å². The molecule has 2 N–H and O–H groups in total. The molecular weight excluding hydrogens is 337 g/mol. The number of halogens is 2. The molecule has 116 valence electrons. The van der Waals surface area contributed by atoms with Crippen LogP contribution in [0, 0.1) is 11.7 Å². The maximum absolute atomic E-state index is 14.1. The van der Waals surface area contributed by atoms with Gasteiger partial charge in [0.1, 0.15) is 5.82 Å². The molecule has 0 amide bonds. The number of hydrogen-bond acceptors (Lipinski definition) is 3. The lowest BCUT2D eigenvalue weighted by atomic mass is 9.76. The summed E-state index contributed by atoms with van der Waals surface area (Å²) in [6.45, 7) is 2.19. The van der Waals surface area contributed by atoms with Gasteiger partial charge in [-0.25, -0.2) is 4.39 Å². The third-order valence-corrected chi connectivity index (χ3v) is 5.25. The molecule has 2 aliphatic rings. The summed E-state index contributed by atoms with van der Waals surface area (Å²) in [6, 6.07) is 4.69. The molecule has 0 aromatic heterocycles. The van der Waals surface area contributed by atoms with Gasteiger partial charge in [-0.1, -0.05) is 15.9 Å². The Morgan fingerprint density at radius 2 is 2.05 bits per heavy atom. The van der Waals surface area contributed by atoms with Crippen LogP contribution in [0.4, 0.5) is 4.39 Å². The summed E-state index contributed by atoms with van der Waals surface area (Å²) in [6.07, 6.45) is 3.60. The number of ether oxygens (including phenoxy) is 2. The van der Waals surface area contributed by atoms with Gasteiger partial charge >= 0.3 is 0 Å². The molecule has 0 saturated carbocycles. The molecule has 2 aliphatic heterocycles. The Labute approximate surface area is 133 Å². The summed E-state index contributed by atoms with van der Waals surface area (Å²) in [5, 5.41) is 0. The van der Waals surface area contributed by atoms with E-state index in [4.69, 9.17) is 15.2 Å². The van der Waals surface area contributed by atoms with E-state index in [0.29, 0.717) is 12.2 Å². The largest absolute Gasteiger partial charge is 0.381 e. The number of rotatable bonds is 2. The summed E-state index contributed by atoms with van der Waals surface area (Å²) >= 11 is 3.40. The standard InChI is InChI=1S/C16H21BrFNO2/c17-12-1-2-14(18)13(9-12)15(19)11-3-6-21-16(10-11)4-7-20-8-5-16/h1-2,9,11,15H,3-8,10,19H2. The van der Waals surface area contributed by atoms with Gasteiger partial charge in [0.05, 0.1) is 5.60 Å². The predicted octanol–water partition coefficient (Wildman–Crippen LogP) is 3.56. The van der Waals surface area contributed by atoms with Crippen LogP contribution < -0.4 is 5.73 Å². The van der Waals surface area contributed by atoms with E-state index < -0.39 is 0 Å². The van der Waals surface area contributed by atoms with E-state index in [-0.39, 0.29) is 23.4 Å². The summed E-state index contributed by atoms with van der Waals surface area (Å²) in [5.74, 6) is 0.0267. The third-order valence-electron chi connectivity index (χ3n) is 4.76. The second-order valence-electron chi connectivity index (χ2n) is 6.09. The highest BCUT2D eigenvalue weighted by Crippen LogP contribution is 2.41. The summed E-state index contributed by atoms with van der Waals surface area (Å²) in [7, 11) is 0. The molecule has 1 aromatic rings. The van der Waals surface area contributed by atoms with E-state index >= 15 is 0 Å².